The molecule has 620 valence electrons. The number of methoxy groups -OCH3 is 1. The van der Waals surface area contributed by atoms with E-state index in [-0.39, 0.29) is 37.8 Å². The van der Waals surface area contributed by atoms with Gasteiger partial charge in [-0.15, -0.1) is 0 Å². The number of benzene rings is 10. The van der Waals surface area contributed by atoms with Gasteiger partial charge in [-0.3, -0.25) is 0 Å². The molecule has 6 nitrogen and oxygen atoms in total. The second kappa shape index (κ2) is 40.0. The van der Waals surface area contributed by atoms with E-state index in [1.54, 1.807) is 0 Å². The first-order chi connectivity index (χ1) is 56.1. The molecule has 0 aliphatic heterocycles. The van der Waals surface area contributed by atoms with Crippen molar-refractivity contribution >= 4 is 5.97 Å². The molecule has 5 aliphatic carbocycles. The van der Waals surface area contributed by atoms with Crippen LogP contribution in [0.2, 0.25) is 0 Å². The number of hydrogen-bond donors (Lipinski definition) is 4. The highest BCUT2D eigenvalue weighted by Gasteiger charge is 2.42. The molecule has 0 heterocycles. The summed E-state index contributed by atoms with van der Waals surface area (Å²) in [5.74, 6) is 2.52. The van der Waals surface area contributed by atoms with Gasteiger partial charge in [0, 0.05) is 0 Å². The van der Waals surface area contributed by atoms with Gasteiger partial charge in [0.1, 0.15) is 0 Å². The Morgan fingerprint density at radius 1 is 0.282 bits per heavy atom. The molecule has 117 heavy (non-hydrogen) atoms. The molecule has 0 amide bonds. The van der Waals surface area contributed by atoms with Crippen molar-refractivity contribution in [3.05, 3.63) is 296 Å². The molecular formula is C111H140O6. The van der Waals surface area contributed by atoms with Crippen molar-refractivity contribution in [1.82, 2.24) is 0 Å². The van der Waals surface area contributed by atoms with Gasteiger partial charge >= 0.3 is 5.97 Å². The summed E-state index contributed by atoms with van der Waals surface area (Å²) in [6, 6.07) is 76.5. The minimum absolute atomic E-state index is 0.120. The first-order valence-electron chi connectivity index (χ1n) is 44.8. The highest BCUT2D eigenvalue weighted by molar-refractivity contribution is 5.91. The molecule has 5 fully saturated rings. The Morgan fingerprint density at radius 3 is 0.667 bits per heavy atom. The van der Waals surface area contributed by atoms with Crippen molar-refractivity contribution in [1.29, 1.82) is 0 Å². The number of hydrogen-bond acceptors (Lipinski definition) is 6. The van der Waals surface area contributed by atoms with E-state index in [9.17, 15) is 25.2 Å². The Kier molecular flexibility index (Phi) is 30.6. The summed E-state index contributed by atoms with van der Waals surface area (Å²) in [4.78, 5) is 12.1. The second-order valence-corrected chi connectivity index (χ2v) is 38.0. The minimum atomic E-state index is -0.258. The summed E-state index contributed by atoms with van der Waals surface area (Å²) in [5, 5.41) is 38.3. The zero-order valence-corrected chi connectivity index (χ0v) is 74.2. The average molecular weight is 1570 g/mol. The predicted molar refractivity (Wildman–Crippen MR) is 493 cm³/mol. The van der Waals surface area contributed by atoms with Crippen molar-refractivity contribution in [2.45, 2.75) is 288 Å². The van der Waals surface area contributed by atoms with Crippen molar-refractivity contribution in [2.24, 2.45) is 27.1 Å². The highest BCUT2D eigenvalue weighted by atomic mass is 16.5. The largest absolute Gasteiger partial charge is 0.465 e. The number of aryl methyl sites for hydroxylation is 5. The molecule has 10 aromatic rings. The van der Waals surface area contributed by atoms with Gasteiger partial charge in [-0.25, -0.2) is 4.79 Å². The monoisotopic (exact) mass is 1570 g/mol. The van der Waals surface area contributed by atoms with Crippen LogP contribution in [0, 0.1) is 27.1 Å². The molecule has 15 rings (SSSR count). The Morgan fingerprint density at radius 2 is 0.487 bits per heavy atom. The molecule has 4 N–H and O–H groups in total. The van der Waals surface area contributed by atoms with Gasteiger partial charge < -0.3 is 25.2 Å². The molecule has 0 saturated heterocycles. The number of aliphatic hydroxyl groups excluding tert-OH is 4. The topological polar surface area (TPSA) is 107 Å². The Balaban J connectivity index is 0.000000144. The van der Waals surface area contributed by atoms with E-state index in [2.05, 4.69) is 310 Å². The number of rotatable bonds is 20. The van der Waals surface area contributed by atoms with Gasteiger partial charge in [0.15, 0.2) is 0 Å². The summed E-state index contributed by atoms with van der Waals surface area (Å²) in [5.41, 5.74) is 33.3. The lowest BCUT2D eigenvalue weighted by molar-refractivity contribution is 0.0600. The molecular weight excluding hydrogens is 1430 g/mol. The molecule has 5 aliphatic rings. The third kappa shape index (κ3) is 21.6. The number of ether oxygens (including phenoxy) is 1. The van der Waals surface area contributed by atoms with Crippen LogP contribution < -0.4 is 0 Å². The Labute approximate surface area is 705 Å². The Hall–Kier alpha value is -8.49. The maximum absolute atomic E-state index is 12.1. The number of carbonyl (C=O) groups excluding carboxylic acids is 1. The summed E-state index contributed by atoms with van der Waals surface area (Å²) in [6.07, 6.45) is 24.3. The highest BCUT2D eigenvalue weighted by Crippen LogP contribution is 2.56. The number of aliphatic hydroxyl groups is 4. The van der Waals surface area contributed by atoms with Crippen LogP contribution in [0.4, 0.5) is 0 Å². The minimum Gasteiger partial charge on any atom is -0.465 e. The summed E-state index contributed by atoms with van der Waals surface area (Å²) in [7, 11) is 1.44. The molecule has 6 heteroatoms. The standard InChI is InChI=1S/C23H28O2.4C22H28O/c1-5-16-8-6-9-17(14-16)19-12-11-18(22(24)25-4)15-20(19)21-10-7-13-23(21,2)3;4*1-4-16-7-5-8-18(13-16)19-11-10-17(15-23)14-20(19)21-9-6-12-22(21,2)3/h6,8-9,11-12,14-15,21H,5,7,10,13H2,1-4H3;4*5,7-8,10-11,13-14,21,23H,4,6,9,12,15H2,1-3H3/t;2*21-;;/m.10../s1. The Bertz CT molecular complexity index is 4460. The van der Waals surface area contributed by atoms with Crippen LogP contribution in [0.25, 0.3) is 55.6 Å². The van der Waals surface area contributed by atoms with Crippen molar-refractivity contribution in [2.75, 3.05) is 7.11 Å². The van der Waals surface area contributed by atoms with Gasteiger partial charge in [0.2, 0.25) is 0 Å². The molecule has 0 bridgehead atoms. The van der Waals surface area contributed by atoms with Crippen LogP contribution in [0.15, 0.2) is 212 Å². The first kappa shape index (κ1) is 89.3. The van der Waals surface area contributed by atoms with Crippen LogP contribution in [-0.2, 0) is 63.3 Å². The van der Waals surface area contributed by atoms with E-state index in [4.69, 9.17) is 4.74 Å². The zero-order valence-electron chi connectivity index (χ0n) is 74.2. The number of esters is 1. The van der Waals surface area contributed by atoms with E-state index in [0.29, 0.717) is 56.8 Å². The second-order valence-electron chi connectivity index (χ2n) is 38.0. The van der Waals surface area contributed by atoms with E-state index in [0.717, 1.165) is 54.4 Å². The van der Waals surface area contributed by atoms with Crippen molar-refractivity contribution < 1.29 is 30.0 Å². The first-order valence-corrected chi connectivity index (χ1v) is 44.8. The van der Waals surface area contributed by atoms with Crippen molar-refractivity contribution in [3.63, 3.8) is 0 Å². The fourth-order valence-corrected chi connectivity index (χ4v) is 20.7. The van der Waals surface area contributed by atoms with Gasteiger partial charge in [-0.1, -0.05) is 336 Å². The fourth-order valence-electron chi connectivity index (χ4n) is 20.7. The summed E-state index contributed by atoms with van der Waals surface area (Å²) < 4.78 is 4.95. The van der Waals surface area contributed by atoms with Crippen LogP contribution in [0.3, 0.4) is 0 Å². The lowest BCUT2D eigenvalue weighted by Gasteiger charge is -2.29. The molecule has 0 spiro atoms. The average Bonchev–Trinajstić information content (AvgIpc) is 1.78. The molecule has 10 aromatic carbocycles. The number of carbonyl (C=O) groups is 1. The molecule has 0 radical (unpaired) electrons. The normalized spacial score (nSPS) is 19.7. The maximum Gasteiger partial charge on any atom is 0.337 e. The fraction of sp³-hybridized carbons (Fsp3) is 0.450. The molecule has 5 saturated carbocycles. The van der Waals surface area contributed by atoms with Crippen LogP contribution >= 0.6 is 0 Å². The third-order valence-electron chi connectivity index (χ3n) is 28.1. The van der Waals surface area contributed by atoms with Gasteiger partial charge in [-0.05, 0) is 299 Å². The van der Waals surface area contributed by atoms with E-state index < -0.39 is 0 Å². The van der Waals surface area contributed by atoms with E-state index in [1.165, 1.54) is 215 Å². The third-order valence-corrected chi connectivity index (χ3v) is 28.1. The lowest BCUT2D eigenvalue weighted by Crippen LogP contribution is -2.17. The van der Waals surface area contributed by atoms with E-state index in [1.807, 2.05) is 6.07 Å². The summed E-state index contributed by atoms with van der Waals surface area (Å²) in [6.45, 7) is 35.3. The molecule has 3 unspecified atom stereocenters. The lowest BCUT2D eigenvalue weighted by atomic mass is 9.75. The van der Waals surface area contributed by atoms with Gasteiger partial charge in [0.05, 0.1) is 39.1 Å². The van der Waals surface area contributed by atoms with Crippen LogP contribution in [0.1, 0.15) is 318 Å². The zero-order chi connectivity index (χ0) is 83.8. The summed E-state index contributed by atoms with van der Waals surface area (Å²) >= 11 is 0. The molecule has 5 atom stereocenters. The van der Waals surface area contributed by atoms with Gasteiger partial charge in [0.25, 0.3) is 0 Å². The van der Waals surface area contributed by atoms with Crippen LogP contribution in [0.5, 0.6) is 0 Å². The van der Waals surface area contributed by atoms with Crippen LogP contribution in [-0.4, -0.2) is 33.5 Å². The molecule has 0 aromatic heterocycles. The smallest absolute Gasteiger partial charge is 0.337 e. The predicted octanol–water partition coefficient (Wildman–Crippen LogP) is 28.8. The SMILES string of the molecule is CCc1cccc(-c2ccc(C(=O)OC)cc2C2CCCC2(C)C)c1.CCc1cccc(-c2ccc(CO)cc2C2CCCC2(C)C)c1.CCc1cccc(-c2ccc(CO)cc2C2CCCC2(C)C)c1.CCc1cccc(-c2ccc(CO)cc2[C@@H]2CCCC2(C)C)c1.CCc1cccc(-c2ccc(CO)cc2[C@H]2CCCC2(C)C)c1. The van der Waals surface area contributed by atoms with Gasteiger partial charge in [-0.2, -0.15) is 0 Å². The van der Waals surface area contributed by atoms with Crippen molar-refractivity contribution in [3.8, 4) is 55.6 Å². The quantitative estimate of drug-likeness (QED) is 0.0567. The maximum atomic E-state index is 12.1. The van der Waals surface area contributed by atoms with E-state index >= 15 is 0 Å².